The number of aromatic nitrogens is 2. The molecule has 4 nitrogen and oxygen atoms in total. The molecule has 3 rings (SSSR count). The number of anilines is 1. The lowest BCUT2D eigenvalue weighted by Crippen LogP contribution is -2.36. The molecule has 16 heavy (non-hydrogen) atoms. The molecular weight excluding hydrogens is 202 g/mol. The molecule has 3 atom stereocenters. The first-order chi connectivity index (χ1) is 7.72. The number of aliphatic hydroxyl groups excluding tert-OH is 1. The van der Waals surface area contributed by atoms with E-state index in [1.165, 1.54) is 24.8 Å². The zero-order chi connectivity index (χ0) is 11.3. The molecule has 1 saturated carbocycles. The van der Waals surface area contributed by atoms with Gasteiger partial charge in [-0.25, -0.2) is 0 Å². The van der Waals surface area contributed by atoms with E-state index in [2.05, 4.69) is 10.4 Å². The predicted octanol–water partition coefficient (Wildman–Crippen LogP) is 1.40. The van der Waals surface area contributed by atoms with Crippen molar-refractivity contribution in [2.75, 3.05) is 11.9 Å². The van der Waals surface area contributed by atoms with Crippen LogP contribution in [-0.4, -0.2) is 27.5 Å². The van der Waals surface area contributed by atoms with Crippen molar-refractivity contribution in [2.45, 2.75) is 38.1 Å². The first-order valence-electron chi connectivity index (χ1n) is 6.13. The molecule has 1 aliphatic heterocycles. The van der Waals surface area contributed by atoms with Crippen LogP contribution in [0.2, 0.25) is 0 Å². The van der Waals surface area contributed by atoms with E-state index < -0.39 is 0 Å². The summed E-state index contributed by atoms with van der Waals surface area (Å²) in [6.07, 6.45) is 3.74. The molecule has 2 aliphatic rings. The summed E-state index contributed by atoms with van der Waals surface area (Å²) in [6.45, 7) is 2.29. The Kier molecular flexibility index (Phi) is 2.21. The van der Waals surface area contributed by atoms with Crippen LogP contribution in [0.25, 0.3) is 0 Å². The minimum absolute atomic E-state index is 0.252. The van der Waals surface area contributed by atoms with Crippen molar-refractivity contribution in [3.05, 3.63) is 11.3 Å². The SMILES string of the molecule is Cc1nn(C)c2c1[C@H](CO)[C@H]1CCC[C@H]1N2. The fraction of sp³-hybridized carbons (Fsp3) is 0.750. The Bertz CT molecular complexity index is 413. The lowest BCUT2D eigenvalue weighted by molar-refractivity contribution is 0.216. The summed E-state index contributed by atoms with van der Waals surface area (Å²) in [5.74, 6) is 2.01. The summed E-state index contributed by atoms with van der Waals surface area (Å²) in [7, 11) is 1.97. The van der Waals surface area contributed by atoms with Crippen molar-refractivity contribution in [1.29, 1.82) is 0 Å². The van der Waals surface area contributed by atoms with Crippen LogP contribution in [0.4, 0.5) is 5.82 Å². The van der Waals surface area contributed by atoms with Gasteiger partial charge in [0.05, 0.1) is 12.3 Å². The molecule has 0 amide bonds. The number of hydrogen-bond acceptors (Lipinski definition) is 3. The van der Waals surface area contributed by atoms with Gasteiger partial charge in [-0.1, -0.05) is 6.42 Å². The second-order valence-corrected chi connectivity index (χ2v) is 5.11. The molecule has 1 fully saturated rings. The fourth-order valence-corrected chi connectivity index (χ4v) is 3.56. The summed E-state index contributed by atoms with van der Waals surface area (Å²) < 4.78 is 1.92. The van der Waals surface area contributed by atoms with Crippen LogP contribution >= 0.6 is 0 Å². The minimum Gasteiger partial charge on any atom is -0.396 e. The van der Waals surface area contributed by atoms with Crippen molar-refractivity contribution < 1.29 is 5.11 Å². The van der Waals surface area contributed by atoms with Crippen LogP contribution < -0.4 is 5.32 Å². The van der Waals surface area contributed by atoms with Gasteiger partial charge < -0.3 is 10.4 Å². The third kappa shape index (κ3) is 1.22. The van der Waals surface area contributed by atoms with E-state index in [1.54, 1.807) is 0 Å². The van der Waals surface area contributed by atoms with Gasteiger partial charge in [0.1, 0.15) is 5.82 Å². The molecular formula is C12H19N3O. The van der Waals surface area contributed by atoms with Crippen LogP contribution in [0.15, 0.2) is 0 Å². The van der Waals surface area contributed by atoms with E-state index in [1.807, 2.05) is 18.7 Å². The van der Waals surface area contributed by atoms with E-state index in [4.69, 9.17) is 0 Å². The molecule has 1 aromatic rings. The quantitative estimate of drug-likeness (QED) is 0.753. The monoisotopic (exact) mass is 221 g/mol. The van der Waals surface area contributed by atoms with Crippen LogP contribution in [0.5, 0.6) is 0 Å². The average Bonchev–Trinajstić information content (AvgIpc) is 2.82. The van der Waals surface area contributed by atoms with Crippen molar-refractivity contribution in [2.24, 2.45) is 13.0 Å². The summed E-state index contributed by atoms with van der Waals surface area (Å²) in [6, 6.07) is 0.541. The normalized spacial score (nSPS) is 32.1. The Morgan fingerprint density at radius 1 is 1.50 bits per heavy atom. The summed E-state index contributed by atoms with van der Waals surface area (Å²) in [5, 5.41) is 17.7. The number of hydrogen-bond donors (Lipinski definition) is 2. The number of nitrogens with one attached hydrogen (secondary N) is 1. The third-order valence-electron chi connectivity index (χ3n) is 4.24. The lowest BCUT2D eigenvalue weighted by Gasteiger charge is -2.34. The zero-order valence-corrected chi connectivity index (χ0v) is 9.90. The fourth-order valence-electron chi connectivity index (χ4n) is 3.56. The number of fused-ring (bicyclic) bond motifs is 2. The molecule has 0 aromatic carbocycles. The molecule has 4 heteroatoms. The van der Waals surface area contributed by atoms with Gasteiger partial charge in [-0.2, -0.15) is 5.10 Å². The largest absolute Gasteiger partial charge is 0.396 e. The van der Waals surface area contributed by atoms with Gasteiger partial charge in [-0.3, -0.25) is 4.68 Å². The van der Waals surface area contributed by atoms with E-state index in [0.29, 0.717) is 12.0 Å². The van der Waals surface area contributed by atoms with Gasteiger partial charge in [-0.05, 0) is 25.7 Å². The first kappa shape index (κ1) is 10.1. The Morgan fingerprint density at radius 2 is 2.31 bits per heavy atom. The molecule has 1 aromatic heterocycles. The molecule has 2 heterocycles. The predicted molar refractivity (Wildman–Crippen MR) is 62.5 cm³/mol. The third-order valence-corrected chi connectivity index (χ3v) is 4.24. The molecule has 0 bridgehead atoms. The minimum atomic E-state index is 0.252. The molecule has 1 aliphatic carbocycles. The van der Waals surface area contributed by atoms with E-state index in [-0.39, 0.29) is 12.5 Å². The maximum absolute atomic E-state index is 9.65. The zero-order valence-electron chi connectivity index (χ0n) is 9.90. The van der Waals surface area contributed by atoms with Gasteiger partial charge in [0, 0.05) is 24.6 Å². The van der Waals surface area contributed by atoms with Crippen molar-refractivity contribution >= 4 is 5.82 Å². The van der Waals surface area contributed by atoms with Crippen molar-refractivity contribution in [3.8, 4) is 0 Å². The van der Waals surface area contributed by atoms with E-state index in [0.717, 1.165) is 11.5 Å². The maximum atomic E-state index is 9.65. The van der Waals surface area contributed by atoms with Crippen LogP contribution in [0, 0.1) is 12.8 Å². The Labute approximate surface area is 95.7 Å². The van der Waals surface area contributed by atoms with Gasteiger partial charge >= 0.3 is 0 Å². The Hall–Kier alpha value is -1.03. The van der Waals surface area contributed by atoms with Gasteiger partial charge in [0.15, 0.2) is 0 Å². The van der Waals surface area contributed by atoms with Gasteiger partial charge in [0.25, 0.3) is 0 Å². The van der Waals surface area contributed by atoms with Crippen LogP contribution in [0.3, 0.4) is 0 Å². The topological polar surface area (TPSA) is 50.1 Å². The number of rotatable bonds is 1. The standard InChI is InChI=1S/C12H19N3O/c1-7-11-9(6-16)8-4-3-5-10(8)13-12(11)15(2)14-7/h8-10,13,16H,3-6H2,1-2H3/t8-,9-,10-/m1/s1. The highest BCUT2D eigenvalue weighted by Crippen LogP contribution is 2.46. The highest BCUT2D eigenvalue weighted by molar-refractivity contribution is 5.54. The maximum Gasteiger partial charge on any atom is 0.128 e. The highest BCUT2D eigenvalue weighted by Gasteiger charge is 2.41. The number of aliphatic hydroxyl groups is 1. The number of nitrogens with zero attached hydrogens (tertiary/aromatic N) is 2. The molecule has 2 N–H and O–H groups in total. The second kappa shape index (κ2) is 3.48. The van der Waals surface area contributed by atoms with Gasteiger partial charge in [0.2, 0.25) is 0 Å². The average molecular weight is 221 g/mol. The van der Waals surface area contributed by atoms with E-state index >= 15 is 0 Å². The summed E-state index contributed by atoms with van der Waals surface area (Å²) in [5.41, 5.74) is 2.31. The summed E-state index contributed by atoms with van der Waals surface area (Å²) in [4.78, 5) is 0. The highest BCUT2D eigenvalue weighted by atomic mass is 16.3. The molecule has 0 spiro atoms. The van der Waals surface area contributed by atoms with Crippen molar-refractivity contribution in [3.63, 3.8) is 0 Å². The smallest absolute Gasteiger partial charge is 0.128 e. The first-order valence-corrected chi connectivity index (χ1v) is 6.13. The molecule has 88 valence electrons. The van der Waals surface area contributed by atoms with E-state index in [9.17, 15) is 5.11 Å². The second-order valence-electron chi connectivity index (χ2n) is 5.11. The van der Waals surface area contributed by atoms with Gasteiger partial charge in [-0.15, -0.1) is 0 Å². The van der Waals surface area contributed by atoms with Crippen molar-refractivity contribution in [1.82, 2.24) is 9.78 Å². The Morgan fingerprint density at radius 3 is 3.06 bits per heavy atom. The molecule has 0 saturated heterocycles. The molecule has 0 radical (unpaired) electrons. The molecule has 0 unspecified atom stereocenters. The van der Waals surface area contributed by atoms with Crippen LogP contribution in [-0.2, 0) is 7.05 Å². The summed E-state index contributed by atoms with van der Waals surface area (Å²) >= 11 is 0. The Balaban J connectivity index is 2.09. The number of aryl methyl sites for hydroxylation is 2. The lowest BCUT2D eigenvalue weighted by atomic mass is 9.80. The van der Waals surface area contributed by atoms with Crippen LogP contribution in [0.1, 0.15) is 36.4 Å².